The fourth-order valence-electron chi connectivity index (χ4n) is 2.38. The zero-order valence-corrected chi connectivity index (χ0v) is 18.8. The van der Waals surface area contributed by atoms with Crippen LogP contribution in [0.15, 0.2) is 48.5 Å². The Morgan fingerprint density at radius 2 is 1.50 bits per heavy atom. The minimum atomic E-state index is -0.522. The van der Waals surface area contributed by atoms with Crippen molar-refractivity contribution >= 4 is 35.1 Å². The molecular formula is C22H25N3O6S. The molecule has 0 radical (unpaired) electrons. The van der Waals surface area contributed by atoms with Gasteiger partial charge in [-0.15, -0.1) is 0 Å². The summed E-state index contributed by atoms with van der Waals surface area (Å²) in [4.78, 5) is 35.7. The maximum absolute atomic E-state index is 12.2. The second-order valence-corrected chi connectivity index (χ2v) is 7.09. The molecule has 2 amide bonds. The van der Waals surface area contributed by atoms with Gasteiger partial charge in [-0.2, -0.15) is 0 Å². The second-order valence-electron chi connectivity index (χ2n) is 6.68. The van der Waals surface area contributed by atoms with Gasteiger partial charge in [-0.25, -0.2) is 4.79 Å². The molecule has 2 rings (SSSR count). The van der Waals surface area contributed by atoms with E-state index in [-0.39, 0.29) is 24.4 Å². The summed E-state index contributed by atoms with van der Waals surface area (Å²) in [5, 5.41) is 2.37. The van der Waals surface area contributed by atoms with Crippen LogP contribution in [0.25, 0.3) is 0 Å². The molecule has 2 aromatic carbocycles. The second kappa shape index (κ2) is 12.3. The van der Waals surface area contributed by atoms with Gasteiger partial charge in [0.2, 0.25) is 0 Å². The Bertz CT molecular complexity index is 945. The molecule has 0 saturated carbocycles. The van der Waals surface area contributed by atoms with Crippen LogP contribution in [0.5, 0.6) is 11.5 Å². The average Bonchev–Trinajstić information content (AvgIpc) is 2.77. The molecule has 0 spiro atoms. The smallest absolute Gasteiger partial charge is 0.338 e. The number of hydrazine groups is 1. The first-order valence-corrected chi connectivity index (χ1v) is 10.3. The number of nitrogens with one attached hydrogen (secondary N) is 3. The van der Waals surface area contributed by atoms with Crippen molar-refractivity contribution in [2.75, 3.05) is 13.2 Å². The average molecular weight is 460 g/mol. The molecular weight excluding hydrogens is 434 g/mol. The van der Waals surface area contributed by atoms with Gasteiger partial charge in [-0.3, -0.25) is 25.8 Å². The molecule has 0 bridgehead atoms. The number of hydrogen-bond donors (Lipinski definition) is 3. The van der Waals surface area contributed by atoms with Crippen LogP contribution in [0.2, 0.25) is 0 Å². The minimum absolute atomic E-state index is 0.0306. The lowest BCUT2D eigenvalue weighted by Crippen LogP contribution is -2.49. The van der Waals surface area contributed by atoms with E-state index in [2.05, 4.69) is 16.2 Å². The highest BCUT2D eigenvalue weighted by atomic mass is 32.1. The molecule has 9 nitrogen and oxygen atoms in total. The third kappa shape index (κ3) is 8.23. The highest BCUT2D eigenvalue weighted by Crippen LogP contribution is 2.14. The van der Waals surface area contributed by atoms with Crippen LogP contribution < -0.4 is 25.6 Å². The summed E-state index contributed by atoms with van der Waals surface area (Å²) >= 11 is 5.00. The van der Waals surface area contributed by atoms with Crippen LogP contribution >= 0.6 is 12.2 Å². The van der Waals surface area contributed by atoms with E-state index in [1.54, 1.807) is 43.3 Å². The van der Waals surface area contributed by atoms with Crippen LogP contribution in [-0.4, -0.2) is 42.2 Å². The first-order valence-electron chi connectivity index (χ1n) is 9.85. The Hall–Kier alpha value is -3.66. The fourth-order valence-corrected chi connectivity index (χ4v) is 2.52. The van der Waals surface area contributed by atoms with Crippen LogP contribution in [-0.2, 0) is 9.53 Å². The Morgan fingerprint density at radius 1 is 0.906 bits per heavy atom. The van der Waals surface area contributed by atoms with Crippen molar-refractivity contribution in [1.82, 2.24) is 16.2 Å². The predicted molar refractivity (Wildman–Crippen MR) is 121 cm³/mol. The maximum atomic E-state index is 12.2. The number of esters is 1. The van der Waals surface area contributed by atoms with Gasteiger partial charge in [0.25, 0.3) is 11.8 Å². The number of rotatable bonds is 8. The van der Waals surface area contributed by atoms with Gasteiger partial charge in [-0.05, 0) is 81.5 Å². The van der Waals surface area contributed by atoms with Gasteiger partial charge in [0.1, 0.15) is 11.5 Å². The zero-order valence-electron chi connectivity index (χ0n) is 18.0. The van der Waals surface area contributed by atoms with Gasteiger partial charge in [0.15, 0.2) is 11.7 Å². The summed E-state index contributed by atoms with van der Waals surface area (Å²) in [5.74, 6) is -0.345. The molecule has 0 aliphatic heterocycles. The highest BCUT2D eigenvalue weighted by Gasteiger charge is 2.10. The van der Waals surface area contributed by atoms with Crippen LogP contribution in [0.3, 0.4) is 0 Å². The molecule has 170 valence electrons. The van der Waals surface area contributed by atoms with Crippen molar-refractivity contribution in [1.29, 1.82) is 0 Å². The number of thiocarbonyl (C=S) groups is 1. The van der Waals surface area contributed by atoms with E-state index in [9.17, 15) is 14.4 Å². The van der Waals surface area contributed by atoms with Crippen molar-refractivity contribution in [2.45, 2.75) is 26.9 Å². The summed E-state index contributed by atoms with van der Waals surface area (Å²) < 4.78 is 15.8. The van der Waals surface area contributed by atoms with Gasteiger partial charge in [0.05, 0.1) is 18.3 Å². The van der Waals surface area contributed by atoms with E-state index >= 15 is 0 Å². The summed E-state index contributed by atoms with van der Waals surface area (Å²) in [6.07, 6.45) is 0.0306. The monoisotopic (exact) mass is 459 g/mol. The number of carbonyl (C=O) groups is 3. The van der Waals surface area contributed by atoms with E-state index < -0.39 is 17.8 Å². The van der Waals surface area contributed by atoms with Crippen molar-refractivity contribution < 1.29 is 28.6 Å². The third-order valence-corrected chi connectivity index (χ3v) is 3.97. The number of ether oxygens (including phenoxy) is 3. The molecule has 0 unspecified atom stereocenters. The largest absolute Gasteiger partial charge is 0.491 e. The molecule has 0 aliphatic carbocycles. The summed E-state index contributed by atoms with van der Waals surface area (Å²) in [7, 11) is 0. The topological polar surface area (TPSA) is 115 Å². The van der Waals surface area contributed by atoms with Gasteiger partial charge < -0.3 is 14.2 Å². The number of carbonyl (C=O) groups excluding carboxylic acids is 3. The molecule has 10 heteroatoms. The van der Waals surface area contributed by atoms with E-state index in [0.717, 1.165) is 0 Å². The predicted octanol–water partition coefficient (Wildman–Crippen LogP) is 2.36. The van der Waals surface area contributed by atoms with Crippen molar-refractivity contribution in [3.8, 4) is 11.5 Å². The molecule has 0 saturated heterocycles. The van der Waals surface area contributed by atoms with Gasteiger partial charge in [0, 0.05) is 5.56 Å². The number of hydrogen-bond acceptors (Lipinski definition) is 7. The molecule has 0 atom stereocenters. The maximum Gasteiger partial charge on any atom is 0.338 e. The molecule has 0 heterocycles. The van der Waals surface area contributed by atoms with Crippen molar-refractivity contribution in [3.63, 3.8) is 0 Å². The molecule has 0 aliphatic rings. The minimum Gasteiger partial charge on any atom is -0.491 e. The van der Waals surface area contributed by atoms with Gasteiger partial charge in [-0.1, -0.05) is 0 Å². The van der Waals surface area contributed by atoms with E-state index in [1.165, 1.54) is 12.1 Å². The lowest BCUT2D eigenvalue weighted by atomic mass is 10.2. The lowest BCUT2D eigenvalue weighted by Gasteiger charge is -2.12. The Labute approximate surface area is 191 Å². The first-order chi connectivity index (χ1) is 15.3. The van der Waals surface area contributed by atoms with Crippen LogP contribution in [0.1, 0.15) is 41.5 Å². The highest BCUT2D eigenvalue weighted by molar-refractivity contribution is 7.80. The molecule has 2 aromatic rings. The van der Waals surface area contributed by atoms with Crippen LogP contribution in [0.4, 0.5) is 0 Å². The summed E-state index contributed by atoms with van der Waals surface area (Å²) in [6.45, 7) is 5.52. The molecule has 0 aromatic heterocycles. The molecule has 0 fully saturated rings. The van der Waals surface area contributed by atoms with E-state index in [1.807, 2.05) is 13.8 Å². The number of amides is 2. The third-order valence-electron chi connectivity index (χ3n) is 3.77. The summed E-state index contributed by atoms with van der Waals surface area (Å²) in [6, 6.07) is 12.8. The van der Waals surface area contributed by atoms with E-state index in [4.69, 9.17) is 26.4 Å². The summed E-state index contributed by atoms with van der Waals surface area (Å²) in [5.41, 5.74) is 5.52. The molecule has 3 N–H and O–H groups in total. The zero-order chi connectivity index (χ0) is 23.5. The Balaban J connectivity index is 1.72. The lowest BCUT2D eigenvalue weighted by molar-refractivity contribution is -0.123. The van der Waals surface area contributed by atoms with Crippen LogP contribution in [0, 0.1) is 0 Å². The fraction of sp³-hybridized carbons (Fsp3) is 0.273. The molecule has 32 heavy (non-hydrogen) atoms. The van der Waals surface area contributed by atoms with Gasteiger partial charge >= 0.3 is 5.97 Å². The van der Waals surface area contributed by atoms with Crippen molar-refractivity contribution in [3.05, 3.63) is 59.7 Å². The van der Waals surface area contributed by atoms with Crippen molar-refractivity contribution in [2.24, 2.45) is 0 Å². The standard InChI is InChI=1S/C22H25N3O6S/c1-4-29-21(28)16-7-9-17(10-8-16)30-13-19(26)24-25-22(32)23-20(27)15-5-11-18(12-6-15)31-14(2)3/h5-12,14H,4,13H2,1-3H3,(H,24,26)(H2,23,25,27,32). The quantitative estimate of drug-likeness (QED) is 0.313. The number of benzene rings is 2. The Kier molecular flexibility index (Phi) is 9.43. The normalized spacial score (nSPS) is 10.1. The van der Waals surface area contributed by atoms with E-state index in [0.29, 0.717) is 22.6 Å². The first kappa shape index (κ1) is 24.6. The SMILES string of the molecule is CCOC(=O)c1ccc(OCC(=O)NNC(=S)NC(=O)c2ccc(OC(C)C)cc2)cc1. The Morgan fingerprint density at radius 3 is 2.09 bits per heavy atom.